The van der Waals surface area contributed by atoms with E-state index < -0.39 is 0 Å². The molecule has 0 bridgehead atoms. The zero-order valence-electron chi connectivity index (χ0n) is 10.8. The van der Waals surface area contributed by atoms with Crippen LogP contribution >= 0.6 is 0 Å². The summed E-state index contributed by atoms with van der Waals surface area (Å²) >= 11 is 0. The lowest BCUT2D eigenvalue weighted by Gasteiger charge is -2.27. The second-order valence-corrected chi connectivity index (χ2v) is 4.71. The number of hydrogen-bond acceptors (Lipinski definition) is 6. The van der Waals surface area contributed by atoms with Crippen molar-refractivity contribution in [2.75, 3.05) is 26.7 Å². The number of likely N-dealkylation sites (N-methyl/N-ethyl adjacent to an activating group) is 1. The Morgan fingerprint density at radius 2 is 2.44 bits per heavy atom. The largest absolute Gasteiger partial charge is 0.367 e. The van der Waals surface area contributed by atoms with Crippen molar-refractivity contribution < 1.29 is 9.26 Å². The summed E-state index contributed by atoms with van der Waals surface area (Å²) in [5, 5.41) is 12.5. The Labute approximate surface area is 107 Å². The van der Waals surface area contributed by atoms with Gasteiger partial charge in [-0.3, -0.25) is 0 Å². The number of nitrogens with zero attached hydrogens (tertiary/aromatic N) is 4. The second-order valence-electron chi connectivity index (χ2n) is 4.71. The number of aromatic nitrogens is 2. The molecule has 0 aromatic carbocycles. The van der Waals surface area contributed by atoms with Gasteiger partial charge in [0.15, 0.2) is 0 Å². The molecule has 0 spiro atoms. The van der Waals surface area contributed by atoms with E-state index in [0.717, 1.165) is 19.5 Å². The minimum atomic E-state index is -0.107. The Morgan fingerprint density at radius 3 is 3.17 bits per heavy atom. The van der Waals surface area contributed by atoms with Gasteiger partial charge in [-0.2, -0.15) is 10.2 Å². The van der Waals surface area contributed by atoms with Crippen LogP contribution in [0.25, 0.3) is 0 Å². The van der Waals surface area contributed by atoms with Gasteiger partial charge >= 0.3 is 0 Å². The van der Waals surface area contributed by atoms with E-state index in [1.165, 1.54) is 0 Å². The first-order valence-electron chi connectivity index (χ1n) is 6.21. The number of morpholine rings is 1. The van der Waals surface area contributed by atoms with E-state index in [0.29, 0.717) is 24.7 Å². The maximum absolute atomic E-state index is 8.56. The Balaban J connectivity index is 1.99. The molecule has 1 fully saturated rings. The van der Waals surface area contributed by atoms with Crippen molar-refractivity contribution in [3.63, 3.8) is 0 Å². The van der Waals surface area contributed by atoms with E-state index in [-0.39, 0.29) is 12.0 Å². The molecule has 1 saturated heterocycles. The molecule has 6 nitrogen and oxygen atoms in total. The van der Waals surface area contributed by atoms with E-state index in [4.69, 9.17) is 14.5 Å². The maximum Gasteiger partial charge on any atom is 0.229 e. The van der Waals surface area contributed by atoms with E-state index >= 15 is 0 Å². The fourth-order valence-corrected chi connectivity index (χ4v) is 1.92. The van der Waals surface area contributed by atoms with Gasteiger partial charge in [-0.15, -0.1) is 0 Å². The van der Waals surface area contributed by atoms with E-state index in [1.54, 1.807) is 0 Å². The highest BCUT2D eigenvalue weighted by atomic mass is 16.5. The molecule has 0 radical (unpaired) electrons. The summed E-state index contributed by atoms with van der Waals surface area (Å²) in [6.45, 7) is 4.39. The van der Waals surface area contributed by atoms with Gasteiger partial charge in [0.25, 0.3) is 0 Å². The van der Waals surface area contributed by atoms with Crippen molar-refractivity contribution in [3.05, 3.63) is 11.7 Å². The molecule has 18 heavy (non-hydrogen) atoms. The Hall–Kier alpha value is -1.45. The molecule has 98 valence electrons. The van der Waals surface area contributed by atoms with Gasteiger partial charge in [0.1, 0.15) is 6.10 Å². The topological polar surface area (TPSA) is 75.2 Å². The van der Waals surface area contributed by atoms with Crippen LogP contribution in [0.4, 0.5) is 0 Å². The SMILES string of the molecule is CC(CCC#N)c1nc(C2CN(C)CCO2)no1. The summed E-state index contributed by atoms with van der Waals surface area (Å²) in [6, 6.07) is 2.12. The van der Waals surface area contributed by atoms with Crippen LogP contribution in [0.5, 0.6) is 0 Å². The summed E-state index contributed by atoms with van der Waals surface area (Å²) in [7, 11) is 2.05. The Bertz CT molecular complexity index is 426. The molecular formula is C12H18N4O2. The monoisotopic (exact) mass is 250 g/mol. The molecule has 2 unspecified atom stereocenters. The van der Waals surface area contributed by atoms with Crippen LogP contribution in [0, 0.1) is 11.3 Å². The maximum atomic E-state index is 8.56. The lowest BCUT2D eigenvalue weighted by molar-refractivity contribution is -0.0264. The third-order valence-electron chi connectivity index (χ3n) is 3.13. The van der Waals surface area contributed by atoms with Crippen LogP contribution in [-0.2, 0) is 4.74 Å². The molecule has 1 aromatic rings. The molecule has 2 rings (SSSR count). The molecule has 1 aliphatic rings. The molecule has 2 atom stereocenters. The lowest BCUT2D eigenvalue weighted by atomic mass is 10.1. The Morgan fingerprint density at radius 1 is 1.61 bits per heavy atom. The van der Waals surface area contributed by atoms with Gasteiger partial charge in [0.05, 0.1) is 12.7 Å². The van der Waals surface area contributed by atoms with Crippen LogP contribution in [0.2, 0.25) is 0 Å². The fraction of sp³-hybridized carbons (Fsp3) is 0.750. The predicted molar refractivity (Wildman–Crippen MR) is 63.8 cm³/mol. The van der Waals surface area contributed by atoms with Crippen molar-refractivity contribution >= 4 is 0 Å². The first kappa shape index (κ1) is 13.0. The zero-order chi connectivity index (χ0) is 13.0. The van der Waals surface area contributed by atoms with Gasteiger partial charge in [-0.1, -0.05) is 12.1 Å². The van der Waals surface area contributed by atoms with Crippen molar-refractivity contribution in [3.8, 4) is 6.07 Å². The third kappa shape index (κ3) is 3.06. The van der Waals surface area contributed by atoms with Gasteiger partial charge in [0, 0.05) is 25.4 Å². The average Bonchev–Trinajstić information content (AvgIpc) is 2.85. The normalized spacial score (nSPS) is 22.6. The van der Waals surface area contributed by atoms with Crippen molar-refractivity contribution in [1.82, 2.24) is 15.0 Å². The molecule has 2 heterocycles. The van der Waals surface area contributed by atoms with Crippen molar-refractivity contribution in [2.24, 2.45) is 0 Å². The molecule has 0 saturated carbocycles. The highest BCUT2D eigenvalue weighted by Gasteiger charge is 2.25. The number of nitriles is 1. The number of ether oxygens (including phenoxy) is 1. The van der Waals surface area contributed by atoms with Gasteiger partial charge in [-0.05, 0) is 13.5 Å². The minimum absolute atomic E-state index is 0.107. The smallest absolute Gasteiger partial charge is 0.229 e. The molecule has 0 aliphatic carbocycles. The summed E-state index contributed by atoms with van der Waals surface area (Å²) in [6.07, 6.45) is 1.13. The highest BCUT2D eigenvalue weighted by Crippen LogP contribution is 2.23. The number of hydrogen-bond donors (Lipinski definition) is 0. The van der Waals surface area contributed by atoms with Crippen LogP contribution in [-0.4, -0.2) is 41.8 Å². The van der Waals surface area contributed by atoms with Gasteiger partial charge in [0.2, 0.25) is 11.7 Å². The Kier molecular flexibility index (Phi) is 4.28. The summed E-state index contributed by atoms with van der Waals surface area (Å²) in [5.41, 5.74) is 0. The summed E-state index contributed by atoms with van der Waals surface area (Å²) in [5.74, 6) is 1.32. The zero-order valence-corrected chi connectivity index (χ0v) is 10.8. The molecule has 0 amide bonds. The quantitative estimate of drug-likeness (QED) is 0.805. The number of rotatable bonds is 4. The van der Waals surface area contributed by atoms with E-state index in [1.807, 2.05) is 14.0 Å². The molecule has 6 heteroatoms. The van der Waals surface area contributed by atoms with Crippen molar-refractivity contribution in [2.45, 2.75) is 31.8 Å². The fourth-order valence-electron chi connectivity index (χ4n) is 1.92. The van der Waals surface area contributed by atoms with Gasteiger partial charge < -0.3 is 14.2 Å². The van der Waals surface area contributed by atoms with Crippen LogP contribution in [0.1, 0.15) is 43.5 Å². The average molecular weight is 250 g/mol. The minimum Gasteiger partial charge on any atom is -0.367 e. The molecule has 0 N–H and O–H groups in total. The summed E-state index contributed by atoms with van der Waals surface area (Å²) in [4.78, 5) is 6.57. The van der Waals surface area contributed by atoms with Crippen LogP contribution in [0.15, 0.2) is 4.52 Å². The highest BCUT2D eigenvalue weighted by molar-refractivity contribution is 4.97. The van der Waals surface area contributed by atoms with Gasteiger partial charge in [-0.25, -0.2) is 0 Å². The third-order valence-corrected chi connectivity index (χ3v) is 3.13. The standard InChI is InChI=1S/C12H18N4O2/c1-9(4-3-5-13)12-14-11(15-18-12)10-8-16(2)6-7-17-10/h9-10H,3-4,6-8H2,1-2H3. The first-order valence-corrected chi connectivity index (χ1v) is 6.21. The van der Waals surface area contributed by atoms with Crippen LogP contribution < -0.4 is 0 Å². The molecule has 1 aliphatic heterocycles. The van der Waals surface area contributed by atoms with E-state index in [2.05, 4.69) is 21.1 Å². The van der Waals surface area contributed by atoms with Crippen molar-refractivity contribution in [1.29, 1.82) is 5.26 Å². The molecular weight excluding hydrogens is 232 g/mol. The lowest BCUT2D eigenvalue weighted by Crippen LogP contribution is -2.35. The van der Waals surface area contributed by atoms with E-state index in [9.17, 15) is 0 Å². The first-order chi connectivity index (χ1) is 8.70. The predicted octanol–water partition coefficient (Wildman–Crippen LogP) is 1.48. The van der Waals surface area contributed by atoms with Crippen LogP contribution in [0.3, 0.4) is 0 Å². The molecule has 1 aromatic heterocycles. The summed E-state index contributed by atoms with van der Waals surface area (Å²) < 4.78 is 10.9. The second kappa shape index (κ2) is 5.94.